The van der Waals surface area contributed by atoms with Gasteiger partial charge in [-0.05, 0) is 6.92 Å². The predicted octanol–water partition coefficient (Wildman–Crippen LogP) is -4.91. The third-order valence-corrected chi connectivity index (χ3v) is 3.85. The number of aliphatic hydroxyl groups is 7. The highest BCUT2D eigenvalue weighted by molar-refractivity contribution is 4.91. The van der Waals surface area contributed by atoms with Crippen molar-refractivity contribution in [2.45, 2.75) is 55.6 Å². The highest BCUT2D eigenvalue weighted by Crippen LogP contribution is 2.10. The van der Waals surface area contributed by atoms with E-state index in [9.17, 15) is 5.11 Å². The molecule has 2 saturated heterocycles. The maximum Gasteiger partial charge on any atom is 0.109 e. The molecule has 0 spiro atoms. The SMILES string of the molecule is C[C@H]1NCC(O)[C@@H](O)C1O.OCC1NCC(O)C(O)C1O. The fraction of sp³-hybridized carbons (Fsp3) is 1.00. The van der Waals surface area contributed by atoms with Gasteiger partial charge in [-0.15, -0.1) is 0 Å². The van der Waals surface area contributed by atoms with Crippen molar-refractivity contribution in [1.82, 2.24) is 10.6 Å². The van der Waals surface area contributed by atoms with Gasteiger partial charge in [0.2, 0.25) is 0 Å². The van der Waals surface area contributed by atoms with Gasteiger partial charge in [-0.3, -0.25) is 0 Å². The smallest absolute Gasteiger partial charge is 0.109 e. The zero-order valence-electron chi connectivity index (χ0n) is 11.9. The highest BCUT2D eigenvalue weighted by Gasteiger charge is 2.35. The number of β-amino-alcohol motifs (C(OH)–C–C–N with tert-alkyl or cyclic N) is 2. The van der Waals surface area contributed by atoms with E-state index in [-0.39, 0.29) is 19.2 Å². The van der Waals surface area contributed by atoms with E-state index < -0.39 is 42.7 Å². The monoisotopic (exact) mass is 310 g/mol. The summed E-state index contributed by atoms with van der Waals surface area (Å²) in [6, 6.07) is -0.674. The maximum absolute atomic E-state index is 9.18. The average molecular weight is 310 g/mol. The number of hydrogen-bond donors (Lipinski definition) is 9. The van der Waals surface area contributed by atoms with Gasteiger partial charge in [0, 0.05) is 19.1 Å². The first kappa shape index (κ1) is 18.7. The molecule has 9 nitrogen and oxygen atoms in total. The lowest BCUT2D eigenvalue weighted by atomic mass is 9.97. The molecule has 0 aromatic carbocycles. The topological polar surface area (TPSA) is 166 Å². The van der Waals surface area contributed by atoms with Crippen molar-refractivity contribution >= 4 is 0 Å². The van der Waals surface area contributed by atoms with Gasteiger partial charge in [-0.25, -0.2) is 0 Å². The Bertz CT molecular complexity index is 293. The Morgan fingerprint density at radius 1 is 0.762 bits per heavy atom. The first-order chi connectivity index (χ1) is 9.79. The Hall–Kier alpha value is -0.360. The normalized spacial score (nSPS) is 47.4. The van der Waals surface area contributed by atoms with Crippen molar-refractivity contribution in [2.24, 2.45) is 0 Å². The molecule has 9 N–H and O–H groups in total. The molecule has 2 aliphatic rings. The third kappa shape index (κ3) is 4.81. The summed E-state index contributed by atoms with van der Waals surface area (Å²) >= 11 is 0. The number of hydrogen-bond acceptors (Lipinski definition) is 9. The van der Waals surface area contributed by atoms with Crippen LogP contribution in [0.3, 0.4) is 0 Å². The molecule has 2 rings (SSSR count). The fourth-order valence-electron chi connectivity index (χ4n) is 2.22. The standard InChI is InChI=1S/C6H13NO4.C6H13NO3/c8-2-3-5(10)6(11)4(9)1-7-3;1-3-5(9)6(10)4(8)2-7-3/h3-11H,1-2H2;3-10H,2H2,1H3/t;3-,4?,5?,6-/m.1/s1. The number of piperidine rings is 2. The van der Waals surface area contributed by atoms with Crippen LogP contribution in [0.5, 0.6) is 0 Å². The van der Waals surface area contributed by atoms with Gasteiger partial charge in [0.05, 0.1) is 37.1 Å². The molecule has 0 aromatic rings. The lowest BCUT2D eigenvalue weighted by Crippen LogP contribution is -2.60. The van der Waals surface area contributed by atoms with E-state index in [0.717, 1.165) is 0 Å². The van der Waals surface area contributed by atoms with Crippen LogP contribution in [0.25, 0.3) is 0 Å². The van der Waals surface area contributed by atoms with Crippen LogP contribution in [0.4, 0.5) is 0 Å². The summed E-state index contributed by atoms with van der Waals surface area (Å²) in [4.78, 5) is 0. The lowest BCUT2D eigenvalue weighted by Gasteiger charge is -2.34. The molecule has 2 heterocycles. The number of rotatable bonds is 1. The Morgan fingerprint density at radius 3 is 1.71 bits per heavy atom. The molecule has 0 bridgehead atoms. The quantitative estimate of drug-likeness (QED) is 0.231. The van der Waals surface area contributed by atoms with E-state index in [1.165, 1.54) is 0 Å². The lowest BCUT2D eigenvalue weighted by molar-refractivity contribution is -0.101. The molecule has 0 radical (unpaired) electrons. The van der Waals surface area contributed by atoms with Gasteiger partial charge in [-0.1, -0.05) is 0 Å². The van der Waals surface area contributed by atoms with Crippen LogP contribution < -0.4 is 10.6 Å². The third-order valence-electron chi connectivity index (χ3n) is 3.85. The molecule has 6 unspecified atom stereocenters. The molecular weight excluding hydrogens is 284 g/mol. The van der Waals surface area contributed by atoms with E-state index in [0.29, 0.717) is 6.54 Å². The van der Waals surface area contributed by atoms with Crippen LogP contribution in [0.1, 0.15) is 6.92 Å². The fourth-order valence-corrected chi connectivity index (χ4v) is 2.22. The maximum atomic E-state index is 9.18. The summed E-state index contributed by atoms with van der Waals surface area (Å²) in [6.45, 7) is 2.06. The second kappa shape index (κ2) is 8.32. The zero-order chi connectivity index (χ0) is 16.2. The minimum Gasteiger partial charge on any atom is -0.395 e. The molecule has 0 aliphatic carbocycles. The summed E-state index contributed by atoms with van der Waals surface area (Å²) < 4.78 is 0. The van der Waals surface area contributed by atoms with Gasteiger partial charge < -0.3 is 46.4 Å². The van der Waals surface area contributed by atoms with Crippen LogP contribution in [-0.4, -0.2) is 104 Å². The van der Waals surface area contributed by atoms with Crippen molar-refractivity contribution < 1.29 is 35.7 Å². The summed E-state index contributed by atoms with van der Waals surface area (Å²) in [5.41, 5.74) is 0. The largest absolute Gasteiger partial charge is 0.395 e. The van der Waals surface area contributed by atoms with Crippen molar-refractivity contribution in [3.63, 3.8) is 0 Å². The van der Waals surface area contributed by atoms with E-state index in [1.54, 1.807) is 6.92 Å². The van der Waals surface area contributed by atoms with Crippen LogP contribution in [0.2, 0.25) is 0 Å². The van der Waals surface area contributed by atoms with Crippen LogP contribution in [-0.2, 0) is 0 Å². The Kier molecular flexibility index (Phi) is 7.40. The molecule has 21 heavy (non-hydrogen) atoms. The van der Waals surface area contributed by atoms with Crippen molar-refractivity contribution in [1.29, 1.82) is 0 Å². The van der Waals surface area contributed by atoms with Crippen LogP contribution >= 0.6 is 0 Å². The molecule has 0 aromatic heterocycles. The average Bonchev–Trinajstić information content (AvgIpc) is 2.48. The first-order valence-corrected chi connectivity index (χ1v) is 6.95. The van der Waals surface area contributed by atoms with Crippen molar-refractivity contribution in [3.05, 3.63) is 0 Å². The first-order valence-electron chi connectivity index (χ1n) is 6.95. The Labute approximate surface area is 122 Å². The van der Waals surface area contributed by atoms with E-state index in [1.807, 2.05) is 0 Å². The highest BCUT2D eigenvalue weighted by atomic mass is 16.4. The Balaban J connectivity index is 0.000000211. The second-order valence-electron chi connectivity index (χ2n) is 5.49. The second-order valence-corrected chi connectivity index (χ2v) is 5.49. The van der Waals surface area contributed by atoms with E-state index in [4.69, 9.17) is 30.6 Å². The number of aliphatic hydroxyl groups excluding tert-OH is 7. The van der Waals surface area contributed by atoms with Crippen molar-refractivity contribution in [3.8, 4) is 0 Å². The van der Waals surface area contributed by atoms with Crippen LogP contribution in [0.15, 0.2) is 0 Å². The molecule has 8 atom stereocenters. The van der Waals surface area contributed by atoms with Gasteiger partial charge in [0.25, 0.3) is 0 Å². The van der Waals surface area contributed by atoms with E-state index in [2.05, 4.69) is 10.6 Å². The van der Waals surface area contributed by atoms with E-state index >= 15 is 0 Å². The number of nitrogens with one attached hydrogen (secondary N) is 2. The van der Waals surface area contributed by atoms with Gasteiger partial charge in [-0.2, -0.15) is 0 Å². The molecule has 126 valence electrons. The Morgan fingerprint density at radius 2 is 1.24 bits per heavy atom. The predicted molar refractivity (Wildman–Crippen MR) is 72.4 cm³/mol. The summed E-state index contributed by atoms with van der Waals surface area (Å²) in [7, 11) is 0. The van der Waals surface area contributed by atoms with Gasteiger partial charge in [0.15, 0.2) is 0 Å². The molecule has 2 aliphatic heterocycles. The van der Waals surface area contributed by atoms with Crippen LogP contribution in [0, 0.1) is 0 Å². The minimum atomic E-state index is -1.16. The molecule has 2 fully saturated rings. The van der Waals surface area contributed by atoms with Gasteiger partial charge in [0.1, 0.15) is 12.2 Å². The summed E-state index contributed by atoms with van der Waals surface area (Å²) in [6.07, 6.45) is -5.91. The molecule has 0 saturated carbocycles. The molecule has 9 heteroatoms. The molecular formula is C12H26N2O7. The minimum absolute atomic E-state index is 0.140. The summed E-state index contributed by atoms with van der Waals surface area (Å²) in [5.74, 6) is 0. The van der Waals surface area contributed by atoms with Gasteiger partial charge >= 0.3 is 0 Å². The zero-order valence-corrected chi connectivity index (χ0v) is 11.9. The molecule has 0 amide bonds. The van der Waals surface area contributed by atoms with Crippen molar-refractivity contribution in [2.75, 3.05) is 19.7 Å². The summed E-state index contributed by atoms with van der Waals surface area (Å²) in [5, 5.41) is 68.7.